The van der Waals surface area contributed by atoms with Gasteiger partial charge < -0.3 is 14.5 Å². The fourth-order valence-corrected chi connectivity index (χ4v) is 6.63. The molecule has 0 N–H and O–H groups in total. The molecule has 2 aliphatic rings. The molecule has 1 amide bonds. The number of carbonyl (C=O) groups is 1. The second kappa shape index (κ2) is 10.1. The quantitative estimate of drug-likeness (QED) is 0.615. The summed E-state index contributed by atoms with van der Waals surface area (Å²) in [4.78, 5) is 21.9. The third-order valence-electron chi connectivity index (χ3n) is 6.64. The smallest absolute Gasteiger partial charge is 0.247 e. The summed E-state index contributed by atoms with van der Waals surface area (Å²) in [6, 6.07) is 2.87. The molecular weight excluding hydrogens is 428 g/mol. The van der Waals surface area contributed by atoms with E-state index < -0.39 is 16.1 Å². The van der Waals surface area contributed by atoms with Gasteiger partial charge in [-0.2, -0.15) is 4.31 Å². The molecule has 3 rings (SSSR count). The number of ether oxygens (including phenoxy) is 1. The monoisotopic (exact) mass is 466 g/mol. The van der Waals surface area contributed by atoms with Crippen LogP contribution in [0.25, 0.3) is 0 Å². The van der Waals surface area contributed by atoms with Crippen molar-refractivity contribution in [1.82, 2.24) is 14.2 Å². The van der Waals surface area contributed by atoms with Gasteiger partial charge in [-0.25, -0.2) is 13.4 Å². The van der Waals surface area contributed by atoms with Crippen LogP contribution in [0, 0.1) is 6.92 Å². The van der Waals surface area contributed by atoms with Crippen LogP contribution < -0.4 is 4.90 Å². The molecule has 1 aromatic rings. The number of aryl methyl sites for hydroxylation is 1. The molecule has 3 heterocycles. The van der Waals surface area contributed by atoms with Crippen LogP contribution in [0.5, 0.6) is 0 Å². The first-order valence-electron chi connectivity index (χ1n) is 11.7. The molecule has 0 saturated carbocycles. The van der Waals surface area contributed by atoms with Crippen LogP contribution in [0.4, 0.5) is 5.82 Å². The predicted octanol–water partition coefficient (Wildman–Crippen LogP) is 2.80. The summed E-state index contributed by atoms with van der Waals surface area (Å²) in [5, 5.41) is 0. The van der Waals surface area contributed by atoms with Crippen molar-refractivity contribution in [2.24, 2.45) is 0 Å². The maximum Gasteiger partial charge on any atom is 0.247 e. The highest BCUT2D eigenvalue weighted by Crippen LogP contribution is 2.33. The molecule has 180 valence electrons. The van der Waals surface area contributed by atoms with Gasteiger partial charge in [0.25, 0.3) is 0 Å². The van der Waals surface area contributed by atoms with Crippen molar-refractivity contribution in [3.8, 4) is 0 Å². The van der Waals surface area contributed by atoms with E-state index in [0.717, 1.165) is 18.5 Å². The Morgan fingerprint density at radius 2 is 2.03 bits per heavy atom. The average Bonchev–Trinajstić information content (AvgIpc) is 3.24. The normalized spacial score (nSPS) is 24.7. The number of pyridine rings is 1. The number of anilines is 1. The number of hydrogen-bond donors (Lipinski definition) is 0. The zero-order chi connectivity index (χ0) is 23.6. The third-order valence-corrected chi connectivity index (χ3v) is 8.57. The van der Waals surface area contributed by atoms with Gasteiger partial charge >= 0.3 is 0 Å². The molecular formula is C23H38N4O4S. The van der Waals surface area contributed by atoms with Crippen molar-refractivity contribution < 1.29 is 17.9 Å². The Morgan fingerprint density at radius 1 is 1.31 bits per heavy atom. The lowest BCUT2D eigenvalue weighted by molar-refractivity contribution is -0.138. The van der Waals surface area contributed by atoms with E-state index in [-0.39, 0.29) is 29.0 Å². The Labute approximate surface area is 193 Å². The summed E-state index contributed by atoms with van der Waals surface area (Å²) in [5.74, 6) is 0.343. The van der Waals surface area contributed by atoms with E-state index in [9.17, 15) is 13.2 Å². The topological polar surface area (TPSA) is 83.1 Å². The third kappa shape index (κ3) is 4.94. The van der Waals surface area contributed by atoms with Crippen LogP contribution in [0.3, 0.4) is 0 Å². The standard InChI is InChI=1S/C23H38N4O4S/c1-7-26(16(2)3)22-21(11-10-17(4)24-22)32(29,30)27-13-8-9-20(27)23(28)25(6)19-12-14-31-18(5)15-19/h10-11,16,18-20H,7-9,12-15H2,1-6H3/t18?,19?,20-/m0/s1. The second-order valence-corrected chi connectivity index (χ2v) is 11.1. The van der Waals surface area contributed by atoms with Crippen molar-refractivity contribution in [1.29, 1.82) is 0 Å². The van der Waals surface area contributed by atoms with E-state index in [1.807, 2.05) is 39.5 Å². The highest BCUT2D eigenvalue weighted by atomic mass is 32.2. The number of rotatable bonds is 7. The summed E-state index contributed by atoms with van der Waals surface area (Å²) in [7, 11) is -2.09. The van der Waals surface area contributed by atoms with E-state index in [2.05, 4.69) is 4.98 Å². The van der Waals surface area contributed by atoms with Gasteiger partial charge in [0.05, 0.1) is 6.10 Å². The van der Waals surface area contributed by atoms with Crippen LogP contribution in [-0.4, -0.2) is 79.5 Å². The Balaban J connectivity index is 1.92. The van der Waals surface area contributed by atoms with Crippen molar-refractivity contribution in [2.45, 2.75) is 89.4 Å². The highest BCUT2D eigenvalue weighted by Gasteiger charge is 2.43. The van der Waals surface area contributed by atoms with Gasteiger partial charge in [0.2, 0.25) is 15.9 Å². The minimum Gasteiger partial charge on any atom is -0.378 e. The lowest BCUT2D eigenvalue weighted by atomic mass is 10.0. The van der Waals surface area contributed by atoms with Gasteiger partial charge in [-0.3, -0.25) is 4.79 Å². The molecule has 2 unspecified atom stereocenters. The lowest BCUT2D eigenvalue weighted by Gasteiger charge is -2.37. The van der Waals surface area contributed by atoms with Crippen LogP contribution in [0.2, 0.25) is 0 Å². The number of nitrogens with zero attached hydrogens (tertiary/aromatic N) is 4. The zero-order valence-corrected chi connectivity index (χ0v) is 21.1. The number of sulfonamides is 1. The lowest BCUT2D eigenvalue weighted by Crippen LogP contribution is -2.51. The molecule has 9 heteroatoms. The Kier molecular flexibility index (Phi) is 7.83. The Morgan fingerprint density at radius 3 is 2.66 bits per heavy atom. The zero-order valence-electron chi connectivity index (χ0n) is 20.2. The SMILES string of the molecule is CCN(c1nc(C)ccc1S(=O)(=O)N1CCC[C@H]1C(=O)N(C)C1CCOC(C)C1)C(C)C. The molecule has 2 aliphatic heterocycles. The minimum absolute atomic E-state index is 0.0736. The second-order valence-electron chi connectivity index (χ2n) is 9.24. The van der Waals surface area contributed by atoms with Crippen LogP contribution in [-0.2, 0) is 19.6 Å². The van der Waals surface area contributed by atoms with Gasteiger partial charge in [0, 0.05) is 44.5 Å². The predicted molar refractivity (Wildman–Crippen MR) is 125 cm³/mol. The molecule has 0 bridgehead atoms. The number of likely N-dealkylation sites (N-methyl/N-ethyl adjacent to an activating group) is 1. The van der Waals surface area contributed by atoms with Gasteiger partial charge in [-0.15, -0.1) is 0 Å². The average molecular weight is 467 g/mol. The van der Waals surface area contributed by atoms with E-state index in [1.165, 1.54) is 4.31 Å². The fraction of sp³-hybridized carbons (Fsp3) is 0.739. The molecule has 0 aliphatic carbocycles. The van der Waals surface area contributed by atoms with E-state index in [4.69, 9.17) is 4.74 Å². The first kappa shape index (κ1) is 24.9. The largest absolute Gasteiger partial charge is 0.378 e. The van der Waals surface area contributed by atoms with Crippen molar-refractivity contribution in [3.05, 3.63) is 17.8 Å². The van der Waals surface area contributed by atoms with Crippen molar-refractivity contribution >= 4 is 21.7 Å². The van der Waals surface area contributed by atoms with Crippen molar-refractivity contribution in [3.63, 3.8) is 0 Å². The fourth-order valence-electron chi connectivity index (χ4n) is 4.84. The van der Waals surface area contributed by atoms with E-state index >= 15 is 0 Å². The molecule has 0 radical (unpaired) electrons. The van der Waals surface area contributed by atoms with Gasteiger partial charge in [-0.1, -0.05) is 0 Å². The Bertz CT molecular complexity index is 921. The first-order chi connectivity index (χ1) is 15.1. The molecule has 3 atom stereocenters. The summed E-state index contributed by atoms with van der Waals surface area (Å²) in [6.07, 6.45) is 2.86. The molecule has 1 aromatic heterocycles. The maximum atomic E-state index is 13.8. The van der Waals surface area contributed by atoms with E-state index in [1.54, 1.807) is 24.1 Å². The number of amides is 1. The first-order valence-corrected chi connectivity index (χ1v) is 13.2. The summed E-state index contributed by atoms with van der Waals surface area (Å²) in [6.45, 7) is 11.5. The van der Waals surface area contributed by atoms with Gasteiger partial charge in [-0.05, 0) is 72.4 Å². The van der Waals surface area contributed by atoms with E-state index in [0.29, 0.717) is 38.4 Å². The van der Waals surface area contributed by atoms with Gasteiger partial charge in [0.1, 0.15) is 16.8 Å². The highest BCUT2D eigenvalue weighted by molar-refractivity contribution is 7.89. The summed E-state index contributed by atoms with van der Waals surface area (Å²) in [5.41, 5.74) is 0.764. The Hall–Kier alpha value is -1.71. The van der Waals surface area contributed by atoms with Crippen LogP contribution in [0.1, 0.15) is 59.1 Å². The van der Waals surface area contributed by atoms with Crippen LogP contribution >= 0.6 is 0 Å². The number of hydrogen-bond acceptors (Lipinski definition) is 6. The number of aromatic nitrogens is 1. The summed E-state index contributed by atoms with van der Waals surface area (Å²) >= 11 is 0. The van der Waals surface area contributed by atoms with Crippen molar-refractivity contribution in [2.75, 3.05) is 31.6 Å². The molecule has 0 aromatic carbocycles. The molecule has 0 spiro atoms. The van der Waals surface area contributed by atoms with Gasteiger partial charge in [0.15, 0.2) is 0 Å². The maximum absolute atomic E-state index is 13.8. The van der Waals surface area contributed by atoms with Crippen LogP contribution in [0.15, 0.2) is 17.0 Å². The summed E-state index contributed by atoms with van der Waals surface area (Å²) < 4.78 is 34.7. The molecule has 2 saturated heterocycles. The minimum atomic E-state index is -3.89. The number of carbonyl (C=O) groups excluding carboxylic acids is 1. The molecule has 8 nitrogen and oxygen atoms in total. The molecule has 32 heavy (non-hydrogen) atoms. The molecule has 2 fully saturated rings.